The molecule has 0 fully saturated rings. The Bertz CT molecular complexity index is 334. The maximum Gasteiger partial charge on any atom is 0.0598 e. The minimum absolute atomic E-state index is 0.491. The van der Waals surface area contributed by atoms with Crippen LogP contribution in [-0.4, -0.2) is 24.6 Å². The Morgan fingerprint density at radius 2 is 2.31 bits per heavy atom. The average molecular weight is 219 g/mol. The van der Waals surface area contributed by atoms with Gasteiger partial charge in [-0.1, -0.05) is 19.9 Å². The van der Waals surface area contributed by atoms with E-state index in [4.69, 9.17) is 0 Å². The van der Waals surface area contributed by atoms with Gasteiger partial charge < -0.3 is 10.2 Å². The summed E-state index contributed by atoms with van der Waals surface area (Å²) in [5, 5.41) is 3.42. The quantitative estimate of drug-likeness (QED) is 0.743. The minimum atomic E-state index is 0.491. The zero-order valence-corrected chi connectivity index (χ0v) is 10.4. The fourth-order valence-electron chi connectivity index (χ4n) is 1.51. The second kappa shape index (κ2) is 6.28. The van der Waals surface area contributed by atoms with Gasteiger partial charge in [0.25, 0.3) is 0 Å². The van der Waals surface area contributed by atoms with Crippen molar-refractivity contribution in [2.45, 2.75) is 26.4 Å². The van der Waals surface area contributed by atoms with Crippen molar-refractivity contribution in [1.82, 2.24) is 10.3 Å². The molecule has 0 unspecified atom stereocenters. The van der Waals surface area contributed by atoms with Gasteiger partial charge in [0, 0.05) is 32.4 Å². The van der Waals surface area contributed by atoms with Crippen molar-refractivity contribution >= 4 is 5.69 Å². The van der Waals surface area contributed by atoms with Crippen LogP contribution in [0.1, 0.15) is 19.4 Å². The largest absolute Gasteiger partial charge is 0.369 e. The molecule has 16 heavy (non-hydrogen) atoms. The number of hydrogen-bond donors (Lipinski definition) is 1. The van der Waals surface area contributed by atoms with Crippen LogP contribution < -0.4 is 10.2 Å². The van der Waals surface area contributed by atoms with Crippen molar-refractivity contribution in [2.75, 3.05) is 18.5 Å². The van der Waals surface area contributed by atoms with E-state index in [2.05, 4.69) is 48.7 Å². The van der Waals surface area contributed by atoms with Gasteiger partial charge in [0.05, 0.1) is 11.9 Å². The Morgan fingerprint density at radius 1 is 1.56 bits per heavy atom. The molecule has 1 aromatic heterocycles. The topological polar surface area (TPSA) is 28.2 Å². The van der Waals surface area contributed by atoms with Gasteiger partial charge in [-0.2, -0.15) is 0 Å². The highest BCUT2D eigenvalue weighted by Gasteiger charge is 2.06. The highest BCUT2D eigenvalue weighted by atomic mass is 15.1. The van der Waals surface area contributed by atoms with Crippen LogP contribution in [0.4, 0.5) is 5.69 Å². The van der Waals surface area contributed by atoms with E-state index in [9.17, 15) is 0 Å². The van der Waals surface area contributed by atoms with Gasteiger partial charge in [0.15, 0.2) is 0 Å². The SMILES string of the molecule is C=CCN(C)c1cnccc1CNC(C)C. The van der Waals surface area contributed by atoms with Crippen molar-refractivity contribution in [3.05, 3.63) is 36.7 Å². The van der Waals surface area contributed by atoms with Crippen molar-refractivity contribution in [2.24, 2.45) is 0 Å². The van der Waals surface area contributed by atoms with Crippen molar-refractivity contribution in [3.8, 4) is 0 Å². The third-order valence-electron chi connectivity index (χ3n) is 2.40. The highest BCUT2D eigenvalue weighted by Crippen LogP contribution is 2.17. The second-order valence-corrected chi connectivity index (χ2v) is 4.21. The van der Waals surface area contributed by atoms with Crippen molar-refractivity contribution in [1.29, 1.82) is 0 Å². The van der Waals surface area contributed by atoms with Gasteiger partial charge in [-0.3, -0.25) is 4.98 Å². The summed E-state index contributed by atoms with van der Waals surface area (Å²) in [6.45, 7) is 9.75. The molecule has 0 amide bonds. The molecule has 0 spiro atoms. The summed E-state index contributed by atoms with van der Waals surface area (Å²) in [6.07, 6.45) is 5.64. The van der Waals surface area contributed by atoms with Crippen LogP contribution in [0.5, 0.6) is 0 Å². The van der Waals surface area contributed by atoms with Gasteiger partial charge in [-0.05, 0) is 11.6 Å². The summed E-state index contributed by atoms with van der Waals surface area (Å²) in [5.74, 6) is 0. The van der Waals surface area contributed by atoms with Crippen molar-refractivity contribution < 1.29 is 0 Å². The third kappa shape index (κ3) is 3.66. The van der Waals surface area contributed by atoms with E-state index in [1.54, 1.807) is 0 Å². The maximum absolute atomic E-state index is 4.17. The summed E-state index contributed by atoms with van der Waals surface area (Å²) in [5.41, 5.74) is 2.43. The van der Waals surface area contributed by atoms with Crippen LogP contribution in [0.15, 0.2) is 31.1 Å². The Hall–Kier alpha value is -1.35. The van der Waals surface area contributed by atoms with Gasteiger partial charge in [-0.25, -0.2) is 0 Å². The number of nitrogens with one attached hydrogen (secondary N) is 1. The summed E-state index contributed by atoms with van der Waals surface area (Å²) in [6, 6.07) is 2.55. The van der Waals surface area contributed by atoms with Gasteiger partial charge in [0.1, 0.15) is 0 Å². The molecule has 3 heteroatoms. The molecule has 1 N–H and O–H groups in total. The Balaban J connectivity index is 2.78. The molecule has 1 heterocycles. The van der Waals surface area contributed by atoms with Gasteiger partial charge in [-0.15, -0.1) is 6.58 Å². The smallest absolute Gasteiger partial charge is 0.0598 e. The van der Waals surface area contributed by atoms with Crippen LogP contribution in [0.2, 0.25) is 0 Å². The molecule has 0 atom stereocenters. The number of hydrogen-bond acceptors (Lipinski definition) is 3. The van der Waals surface area contributed by atoms with Gasteiger partial charge in [0.2, 0.25) is 0 Å². The van der Waals surface area contributed by atoms with E-state index < -0.39 is 0 Å². The van der Waals surface area contributed by atoms with Crippen LogP contribution in [0.25, 0.3) is 0 Å². The molecular weight excluding hydrogens is 198 g/mol. The van der Waals surface area contributed by atoms with E-state index in [1.807, 2.05) is 18.5 Å². The summed E-state index contributed by atoms with van der Waals surface area (Å²) < 4.78 is 0. The third-order valence-corrected chi connectivity index (χ3v) is 2.40. The predicted molar refractivity (Wildman–Crippen MR) is 69.7 cm³/mol. The van der Waals surface area contributed by atoms with E-state index in [-0.39, 0.29) is 0 Å². The van der Waals surface area contributed by atoms with Crippen LogP contribution in [0.3, 0.4) is 0 Å². The lowest BCUT2D eigenvalue weighted by atomic mass is 10.2. The lowest BCUT2D eigenvalue weighted by Gasteiger charge is -2.21. The summed E-state index contributed by atoms with van der Waals surface area (Å²) in [7, 11) is 2.05. The average Bonchev–Trinajstić information content (AvgIpc) is 2.27. The molecule has 0 aliphatic carbocycles. The van der Waals surface area contributed by atoms with E-state index >= 15 is 0 Å². The Labute approximate surface area is 98.2 Å². The molecule has 88 valence electrons. The number of likely N-dealkylation sites (N-methyl/N-ethyl adjacent to an activating group) is 1. The fraction of sp³-hybridized carbons (Fsp3) is 0.462. The first kappa shape index (κ1) is 12.7. The zero-order valence-electron chi connectivity index (χ0n) is 10.4. The molecule has 0 radical (unpaired) electrons. The van der Waals surface area contributed by atoms with E-state index in [1.165, 1.54) is 5.56 Å². The number of pyridine rings is 1. The van der Waals surface area contributed by atoms with E-state index in [0.29, 0.717) is 6.04 Å². The number of aromatic nitrogens is 1. The summed E-state index contributed by atoms with van der Waals surface area (Å²) >= 11 is 0. The molecule has 1 rings (SSSR count). The molecule has 1 aromatic rings. The number of anilines is 1. The zero-order chi connectivity index (χ0) is 12.0. The van der Waals surface area contributed by atoms with Crippen LogP contribution in [-0.2, 0) is 6.54 Å². The molecular formula is C13H21N3. The summed E-state index contributed by atoms with van der Waals surface area (Å²) in [4.78, 5) is 6.32. The fourth-order valence-corrected chi connectivity index (χ4v) is 1.51. The van der Waals surface area contributed by atoms with Gasteiger partial charge >= 0.3 is 0 Å². The van der Waals surface area contributed by atoms with Crippen LogP contribution in [0, 0.1) is 0 Å². The Morgan fingerprint density at radius 3 is 2.94 bits per heavy atom. The molecule has 0 aromatic carbocycles. The molecule has 0 aliphatic rings. The molecule has 0 bridgehead atoms. The highest BCUT2D eigenvalue weighted by molar-refractivity contribution is 5.51. The minimum Gasteiger partial charge on any atom is -0.369 e. The maximum atomic E-state index is 4.17. The lowest BCUT2D eigenvalue weighted by Crippen LogP contribution is -2.25. The molecule has 0 aliphatic heterocycles. The predicted octanol–water partition coefficient (Wildman–Crippen LogP) is 2.20. The normalized spacial score (nSPS) is 10.5. The lowest BCUT2D eigenvalue weighted by molar-refractivity contribution is 0.588. The molecule has 0 saturated heterocycles. The monoisotopic (exact) mass is 219 g/mol. The standard InChI is InChI=1S/C13H21N3/c1-5-8-16(4)13-10-14-7-6-12(13)9-15-11(2)3/h5-7,10-11,15H,1,8-9H2,2-4H3. The molecule has 0 saturated carbocycles. The van der Waals surface area contributed by atoms with Crippen LogP contribution >= 0.6 is 0 Å². The number of rotatable bonds is 6. The molecule has 3 nitrogen and oxygen atoms in total. The Kier molecular flexibility index (Phi) is 4.99. The second-order valence-electron chi connectivity index (χ2n) is 4.21. The van der Waals surface area contributed by atoms with E-state index in [0.717, 1.165) is 18.8 Å². The first-order valence-corrected chi connectivity index (χ1v) is 5.63. The first-order chi connectivity index (χ1) is 7.65. The first-order valence-electron chi connectivity index (χ1n) is 5.63. The number of nitrogens with zero attached hydrogens (tertiary/aromatic N) is 2. The van der Waals surface area contributed by atoms with Crippen molar-refractivity contribution in [3.63, 3.8) is 0 Å².